The van der Waals surface area contributed by atoms with Crippen molar-refractivity contribution >= 4 is 5.69 Å². The lowest BCUT2D eigenvalue weighted by Crippen LogP contribution is -2.16. The highest BCUT2D eigenvalue weighted by molar-refractivity contribution is 5.45. The molecule has 1 aromatic carbocycles. The van der Waals surface area contributed by atoms with Crippen molar-refractivity contribution in [2.24, 2.45) is 5.92 Å². The lowest BCUT2D eigenvalue weighted by atomic mass is 10.1. The molecule has 0 heterocycles. The predicted molar refractivity (Wildman–Crippen MR) is 56.8 cm³/mol. The van der Waals surface area contributed by atoms with Crippen LogP contribution in [0.5, 0.6) is 0 Å². The van der Waals surface area contributed by atoms with E-state index in [9.17, 15) is 4.39 Å². The number of anilines is 1. The maximum absolute atomic E-state index is 13.3. The van der Waals surface area contributed by atoms with Gasteiger partial charge < -0.3 is 5.32 Å². The fraction of sp³-hybridized carbons (Fsp3) is 0.500. The van der Waals surface area contributed by atoms with Crippen molar-refractivity contribution in [3.8, 4) is 0 Å². The maximum atomic E-state index is 13.3. The van der Waals surface area contributed by atoms with Gasteiger partial charge in [0.1, 0.15) is 5.82 Å². The van der Waals surface area contributed by atoms with Gasteiger partial charge in [0, 0.05) is 6.04 Å². The minimum absolute atomic E-state index is 0.146. The zero-order valence-electron chi connectivity index (χ0n) is 8.46. The van der Waals surface area contributed by atoms with Crippen LogP contribution in [0.25, 0.3) is 0 Å². The van der Waals surface area contributed by atoms with Crippen LogP contribution >= 0.6 is 0 Å². The summed E-state index contributed by atoms with van der Waals surface area (Å²) >= 11 is 0. The van der Waals surface area contributed by atoms with E-state index in [2.05, 4.69) is 12.2 Å². The number of nitrogens with one attached hydrogen (secondary N) is 1. The van der Waals surface area contributed by atoms with Crippen molar-refractivity contribution < 1.29 is 4.39 Å². The van der Waals surface area contributed by atoms with Gasteiger partial charge in [-0.1, -0.05) is 19.1 Å². The van der Waals surface area contributed by atoms with Crippen LogP contribution in [0, 0.1) is 11.7 Å². The van der Waals surface area contributed by atoms with Crippen molar-refractivity contribution in [3.63, 3.8) is 0 Å². The molecule has 0 radical (unpaired) electrons. The van der Waals surface area contributed by atoms with Crippen LogP contribution in [0.1, 0.15) is 26.2 Å². The molecule has 1 nitrogen and oxygen atoms in total. The monoisotopic (exact) mass is 193 g/mol. The molecular formula is C12H16FN. The first-order valence-corrected chi connectivity index (χ1v) is 5.27. The maximum Gasteiger partial charge on any atom is 0.146 e. The Morgan fingerprint density at radius 3 is 2.71 bits per heavy atom. The first kappa shape index (κ1) is 9.50. The van der Waals surface area contributed by atoms with Gasteiger partial charge in [-0.15, -0.1) is 0 Å². The standard InChI is InChI=1S/C12H16FN/c1-9-6-7-10(8-9)14-12-5-3-2-4-11(12)13/h2-5,9-10,14H,6-8H2,1H3/t9-,10+/m0/s1. The molecule has 0 amide bonds. The van der Waals surface area contributed by atoms with Gasteiger partial charge in [0.15, 0.2) is 0 Å². The summed E-state index contributed by atoms with van der Waals surface area (Å²) in [5.41, 5.74) is 0.645. The molecule has 2 heteroatoms. The number of hydrogen-bond donors (Lipinski definition) is 1. The van der Waals surface area contributed by atoms with Crippen LogP contribution in [0.3, 0.4) is 0 Å². The fourth-order valence-electron chi connectivity index (χ4n) is 2.14. The molecular weight excluding hydrogens is 177 g/mol. The smallest absolute Gasteiger partial charge is 0.146 e. The molecule has 0 bridgehead atoms. The summed E-state index contributed by atoms with van der Waals surface area (Å²) in [7, 11) is 0. The molecule has 0 spiro atoms. The summed E-state index contributed by atoms with van der Waals surface area (Å²) in [5.74, 6) is 0.631. The van der Waals surface area contributed by atoms with Crippen LogP contribution in [0.2, 0.25) is 0 Å². The van der Waals surface area contributed by atoms with E-state index >= 15 is 0 Å². The summed E-state index contributed by atoms with van der Waals surface area (Å²) in [6.45, 7) is 2.25. The van der Waals surface area contributed by atoms with Gasteiger partial charge in [-0.3, -0.25) is 0 Å². The predicted octanol–water partition coefficient (Wildman–Crippen LogP) is 3.43. The van der Waals surface area contributed by atoms with Crippen LogP contribution in [-0.4, -0.2) is 6.04 Å². The van der Waals surface area contributed by atoms with Crippen molar-refractivity contribution in [1.29, 1.82) is 0 Å². The van der Waals surface area contributed by atoms with Crippen LogP contribution < -0.4 is 5.32 Å². The Kier molecular flexibility index (Phi) is 2.71. The molecule has 2 atom stereocenters. The van der Waals surface area contributed by atoms with E-state index in [4.69, 9.17) is 0 Å². The van der Waals surface area contributed by atoms with E-state index < -0.39 is 0 Å². The van der Waals surface area contributed by atoms with E-state index in [0.29, 0.717) is 11.7 Å². The normalized spacial score (nSPS) is 26.4. The fourth-order valence-corrected chi connectivity index (χ4v) is 2.14. The third-order valence-corrected chi connectivity index (χ3v) is 2.93. The molecule has 1 aromatic rings. The van der Waals surface area contributed by atoms with Crippen molar-refractivity contribution in [2.45, 2.75) is 32.2 Å². The molecule has 76 valence electrons. The highest BCUT2D eigenvalue weighted by atomic mass is 19.1. The number of halogens is 1. The van der Waals surface area contributed by atoms with Gasteiger partial charge in [0.05, 0.1) is 5.69 Å². The van der Waals surface area contributed by atoms with Crippen LogP contribution in [-0.2, 0) is 0 Å². The lowest BCUT2D eigenvalue weighted by Gasteiger charge is -2.14. The van der Waals surface area contributed by atoms with Gasteiger partial charge in [-0.05, 0) is 37.3 Å². The van der Waals surface area contributed by atoms with Crippen molar-refractivity contribution in [3.05, 3.63) is 30.1 Å². The van der Waals surface area contributed by atoms with Crippen LogP contribution in [0.4, 0.5) is 10.1 Å². The van der Waals surface area contributed by atoms with Gasteiger partial charge in [-0.25, -0.2) is 4.39 Å². The quantitative estimate of drug-likeness (QED) is 0.758. The molecule has 0 saturated heterocycles. The zero-order chi connectivity index (χ0) is 9.97. The molecule has 1 N–H and O–H groups in total. The third-order valence-electron chi connectivity index (χ3n) is 2.93. The number of para-hydroxylation sites is 1. The highest BCUT2D eigenvalue weighted by Crippen LogP contribution is 2.28. The second-order valence-corrected chi connectivity index (χ2v) is 4.24. The van der Waals surface area contributed by atoms with E-state index in [1.54, 1.807) is 12.1 Å². The Morgan fingerprint density at radius 2 is 2.07 bits per heavy atom. The zero-order valence-corrected chi connectivity index (χ0v) is 8.46. The Labute approximate surface area is 84.3 Å². The molecule has 0 aromatic heterocycles. The van der Waals surface area contributed by atoms with E-state index in [1.165, 1.54) is 12.5 Å². The number of rotatable bonds is 2. The molecule has 14 heavy (non-hydrogen) atoms. The Hall–Kier alpha value is -1.05. The van der Waals surface area contributed by atoms with Gasteiger partial charge in [-0.2, -0.15) is 0 Å². The third kappa shape index (κ3) is 2.06. The Bertz CT molecular complexity index is 311. The van der Waals surface area contributed by atoms with Gasteiger partial charge >= 0.3 is 0 Å². The molecule has 1 aliphatic carbocycles. The largest absolute Gasteiger partial charge is 0.380 e. The molecule has 1 aliphatic rings. The molecule has 2 rings (SSSR count). The molecule has 1 fully saturated rings. The molecule has 0 aliphatic heterocycles. The average molecular weight is 193 g/mol. The molecule has 0 unspecified atom stereocenters. The van der Waals surface area contributed by atoms with E-state index in [-0.39, 0.29) is 5.82 Å². The Balaban J connectivity index is 2.01. The Morgan fingerprint density at radius 1 is 1.29 bits per heavy atom. The average Bonchev–Trinajstić information content (AvgIpc) is 2.56. The minimum Gasteiger partial charge on any atom is -0.380 e. The van der Waals surface area contributed by atoms with Crippen LogP contribution in [0.15, 0.2) is 24.3 Å². The van der Waals surface area contributed by atoms with Crippen molar-refractivity contribution in [2.75, 3.05) is 5.32 Å². The number of benzene rings is 1. The highest BCUT2D eigenvalue weighted by Gasteiger charge is 2.21. The first-order chi connectivity index (χ1) is 6.75. The van der Waals surface area contributed by atoms with E-state index in [0.717, 1.165) is 18.8 Å². The SMILES string of the molecule is C[C@H]1CC[C@@H](Nc2ccccc2F)C1. The summed E-state index contributed by atoms with van der Waals surface area (Å²) in [4.78, 5) is 0. The summed E-state index contributed by atoms with van der Waals surface area (Å²) in [6.07, 6.45) is 3.58. The second kappa shape index (κ2) is 3.99. The summed E-state index contributed by atoms with van der Waals surface area (Å²) < 4.78 is 13.3. The first-order valence-electron chi connectivity index (χ1n) is 5.27. The number of hydrogen-bond acceptors (Lipinski definition) is 1. The topological polar surface area (TPSA) is 12.0 Å². The second-order valence-electron chi connectivity index (χ2n) is 4.24. The van der Waals surface area contributed by atoms with Gasteiger partial charge in [0.2, 0.25) is 0 Å². The van der Waals surface area contributed by atoms with E-state index in [1.807, 2.05) is 6.07 Å². The van der Waals surface area contributed by atoms with Crippen molar-refractivity contribution in [1.82, 2.24) is 0 Å². The van der Waals surface area contributed by atoms with Gasteiger partial charge in [0.25, 0.3) is 0 Å². The minimum atomic E-state index is -0.146. The summed E-state index contributed by atoms with van der Waals surface area (Å²) in [5, 5.41) is 3.26. The summed E-state index contributed by atoms with van der Waals surface area (Å²) in [6, 6.07) is 7.35. The molecule has 1 saturated carbocycles. The lowest BCUT2D eigenvalue weighted by molar-refractivity contribution is 0.597.